The van der Waals surface area contributed by atoms with Crippen LogP contribution in [0.2, 0.25) is 0 Å². The van der Waals surface area contributed by atoms with Crippen LogP contribution in [0.15, 0.2) is 0 Å². The third-order valence-electron chi connectivity index (χ3n) is 5.44. The maximum atomic E-state index is 9.96. The van der Waals surface area contributed by atoms with Crippen LogP contribution in [0.3, 0.4) is 0 Å². The monoisotopic (exact) mass is 297 g/mol. The molecule has 2 N–H and O–H groups in total. The van der Waals surface area contributed by atoms with E-state index in [0.29, 0.717) is 12.1 Å². The van der Waals surface area contributed by atoms with E-state index in [2.05, 4.69) is 36.0 Å². The zero-order chi connectivity index (χ0) is 15.3. The van der Waals surface area contributed by atoms with Crippen molar-refractivity contribution in [1.82, 2.24) is 15.1 Å². The van der Waals surface area contributed by atoms with Crippen molar-refractivity contribution in [3.63, 3.8) is 0 Å². The largest absolute Gasteiger partial charge is 0.394 e. The van der Waals surface area contributed by atoms with Crippen molar-refractivity contribution >= 4 is 0 Å². The van der Waals surface area contributed by atoms with Gasteiger partial charge in [0.1, 0.15) is 0 Å². The SMILES string of the molecule is CCCNC1(CO)CCCC(N2CCCN(C)CC2C)C1. The first-order valence-corrected chi connectivity index (χ1v) is 8.90. The Bertz CT molecular complexity index is 312. The minimum absolute atomic E-state index is 0.0309. The molecular formula is C17H35N3O. The van der Waals surface area contributed by atoms with Gasteiger partial charge in [-0.2, -0.15) is 0 Å². The van der Waals surface area contributed by atoms with Crippen LogP contribution in [-0.4, -0.2) is 72.4 Å². The van der Waals surface area contributed by atoms with E-state index in [1.165, 1.54) is 38.9 Å². The maximum absolute atomic E-state index is 9.96. The van der Waals surface area contributed by atoms with Crippen molar-refractivity contribution < 1.29 is 5.11 Å². The lowest BCUT2D eigenvalue weighted by molar-refractivity contribution is 0.0432. The van der Waals surface area contributed by atoms with Gasteiger partial charge in [0.15, 0.2) is 0 Å². The summed E-state index contributed by atoms with van der Waals surface area (Å²) >= 11 is 0. The molecule has 0 aromatic rings. The molecule has 0 aromatic carbocycles. The molecule has 1 heterocycles. The van der Waals surface area contributed by atoms with E-state index in [-0.39, 0.29) is 12.1 Å². The molecule has 3 unspecified atom stereocenters. The van der Waals surface area contributed by atoms with Gasteiger partial charge in [0.05, 0.1) is 6.61 Å². The molecule has 0 bridgehead atoms. The van der Waals surface area contributed by atoms with Crippen LogP contribution in [0, 0.1) is 0 Å². The summed E-state index contributed by atoms with van der Waals surface area (Å²) in [5.41, 5.74) is -0.0309. The number of nitrogens with one attached hydrogen (secondary N) is 1. The zero-order valence-electron chi connectivity index (χ0n) is 14.3. The smallest absolute Gasteiger partial charge is 0.0613 e. The lowest BCUT2D eigenvalue weighted by Crippen LogP contribution is -2.57. The van der Waals surface area contributed by atoms with Crippen LogP contribution in [0.4, 0.5) is 0 Å². The Labute approximate surface area is 130 Å². The van der Waals surface area contributed by atoms with Crippen LogP contribution in [-0.2, 0) is 0 Å². The molecule has 4 heteroatoms. The minimum atomic E-state index is -0.0309. The van der Waals surface area contributed by atoms with Gasteiger partial charge in [-0.3, -0.25) is 4.90 Å². The second kappa shape index (κ2) is 7.91. The van der Waals surface area contributed by atoms with Crippen molar-refractivity contribution in [1.29, 1.82) is 0 Å². The van der Waals surface area contributed by atoms with Crippen LogP contribution in [0.5, 0.6) is 0 Å². The Morgan fingerprint density at radius 1 is 1.29 bits per heavy atom. The highest BCUT2D eigenvalue weighted by Crippen LogP contribution is 2.32. The van der Waals surface area contributed by atoms with E-state index in [1.54, 1.807) is 0 Å². The summed E-state index contributed by atoms with van der Waals surface area (Å²) in [7, 11) is 2.24. The summed E-state index contributed by atoms with van der Waals surface area (Å²) in [4.78, 5) is 5.18. The fourth-order valence-electron chi connectivity index (χ4n) is 4.30. The summed E-state index contributed by atoms with van der Waals surface area (Å²) in [6, 6.07) is 1.26. The first kappa shape index (κ1) is 17.2. The molecule has 1 aliphatic carbocycles. The second-order valence-electron chi connectivity index (χ2n) is 7.32. The number of nitrogens with zero attached hydrogens (tertiary/aromatic N) is 2. The normalized spacial score (nSPS) is 36.6. The Hall–Kier alpha value is -0.160. The van der Waals surface area contributed by atoms with E-state index in [0.717, 1.165) is 25.8 Å². The van der Waals surface area contributed by atoms with E-state index in [1.807, 2.05) is 0 Å². The van der Waals surface area contributed by atoms with E-state index in [9.17, 15) is 5.11 Å². The van der Waals surface area contributed by atoms with Crippen LogP contribution in [0.1, 0.15) is 52.4 Å². The maximum Gasteiger partial charge on any atom is 0.0613 e. The van der Waals surface area contributed by atoms with Crippen molar-refractivity contribution in [2.75, 3.05) is 39.8 Å². The predicted octanol–water partition coefficient (Wildman–Crippen LogP) is 1.69. The number of rotatable bonds is 5. The van der Waals surface area contributed by atoms with Gasteiger partial charge in [-0.15, -0.1) is 0 Å². The highest BCUT2D eigenvalue weighted by Gasteiger charge is 2.38. The average molecular weight is 297 g/mol. The Kier molecular flexibility index (Phi) is 6.48. The molecule has 4 nitrogen and oxygen atoms in total. The Morgan fingerprint density at radius 2 is 2.10 bits per heavy atom. The molecule has 1 saturated heterocycles. The van der Waals surface area contributed by atoms with Crippen LogP contribution < -0.4 is 5.32 Å². The van der Waals surface area contributed by atoms with E-state index >= 15 is 0 Å². The molecule has 0 spiro atoms. The molecule has 124 valence electrons. The molecule has 2 fully saturated rings. The molecule has 21 heavy (non-hydrogen) atoms. The van der Waals surface area contributed by atoms with Gasteiger partial charge in [0.25, 0.3) is 0 Å². The average Bonchev–Trinajstić information content (AvgIpc) is 2.66. The van der Waals surface area contributed by atoms with E-state index < -0.39 is 0 Å². The molecular weight excluding hydrogens is 262 g/mol. The van der Waals surface area contributed by atoms with Crippen molar-refractivity contribution in [3.05, 3.63) is 0 Å². The quantitative estimate of drug-likeness (QED) is 0.810. The molecule has 2 rings (SSSR count). The van der Waals surface area contributed by atoms with Gasteiger partial charge in [-0.1, -0.05) is 6.92 Å². The van der Waals surface area contributed by atoms with E-state index in [4.69, 9.17) is 0 Å². The minimum Gasteiger partial charge on any atom is -0.394 e. The Balaban J connectivity index is 2.01. The lowest BCUT2D eigenvalue weighted by atomic mass is 9.78. The van der Waals surface area contributed by atoms with Gasteiger partial charge in [-0.05, 0) is 72.1 Å². The number of hydrogen-bond acceptors (Lipinski definition) is 4. The third kappa shape index (κ3) is 4.41. The summed E-state index contributed by atoms with van der Waals surface area (Å²) in [6.07, 6.45) is 7.17. The number of likely N-dealkylation sites (N-methyl/N-ethyl adjacent to an activating group) is 1. The van der Waals surface area contributed by atoms with Crippen molar-refractivity contribution in [2.24, 2.45) is 0 Å². The fourth-order valence-corrected chi connectivity index (χ4v) is 4.30. The molecule has 3 atom stereocenters. The third-order valence-corrected chi connectivity index (χ3v) is 5.44. The molecule has 2 aliphatic rings. The van der Waals surface area contributed by atoms with Gasteiger partial charge in [-0.25, -0.2) is 0 Å². The van der Waals surface area contributed by atoms with Gasteiger partial charge in [0.2, 0.25) is 0 Å². The molecule has 0 radical (unpaired) electrons. The van der Waals surface area contributed by atoms with Crippen LogP contribution in [0.25, 0.3) is 0 Å². The lowest BCUT2D eigenvalue weighted by Gasteiger charge is -2.46. The standard InChI is InChI=1S/C17H35N3O/c1-4-9-18-17(14-21)8-5-7-16(12-17)20-11-6-10-19(3)13-15(20)2/h15-16,18,21H,4-14H2,1-3H3. The molecule has 0 amide bonds. The van der Waals surface area contributed by atoms with Gasteiger partial charge < -0.3 is 15.3 Å². The highest BCUT2D eigenvalue weighted by molar-refractivity contribution is 4.97. The highest BCUT2D eigenvalue weighted by atomic mass is 16.3. The zero-order valence-corrected chi connectivity index (χ0v) is 14.3. The first-order valence-electron chi connectivity index (χ1n) is 8.90. The Morgan fingerprint density at radius 3 is 2.81 bits per heavy atom. The van der Waals surface area contributed by atoms with Crippen LogP contribution >= 0.6 is 0 Å². The summed E-state index contributed by atoms with van der Waals surface area (Å²) in [5, 5.41) is 13.6. The predicted molar refractivity (Wildman–Crippen MR) is 88.6 cm³/mol. The van der Waals surface area contributed by atoms with Gasteiger partial charge >= 0.3 is 0 Å². The van der Waals surface area contributed by atoms with Crippen molar-refractivity contribution in [3.8, 4) is 0 Å². The fraction of sp³-hybridized carbons (Fsp3) is 1.00. The number of aliphatic hydroxyl groups is 1. The number of hydrogen-bond donors (Lipinski definition) is 2. The first-order chi connectivity index (χ1) is 10.1. The molecule has 1 aliphatic heterocycles. The summed E-state index contributed by atoms with van der Waals surface area (Å²) < 4.78 is 0. The van der Waals surface area contributed by atoms with Gasteiger partial charge in [0, 0.05) is 24.2 Å². The molecule has 1 saturated carbocycles. The van der Waals surface area contributed by atoms with Crippen molar-refractivity contribution in [2.45, 2.75) is 70.0 Å². The summed E-state index contributed by atoms with van der Waals surface area (Å²) in [6.45, 7) is 9.47. The summed E-state index contributed by atoms with van der Waals surface area (Å²) in [5.74, 6) is 0. The molecule has 0 aromatic heterocycles. The number of aliphatic hydroxyl groups excluding tert-OH is 1. The topological polar surface area (TPSA) is 38.7 Å². The second-order valence-corrected chi connectivity index (χ2v) is 7.32.